The molecule has 1 N–H and O–H groups in total. The van der Waals surface area contributed by atoms with Gasteiger partial charge in [-0.2, -0.15) is 0 Å². The van der Waals surface area contributed by atoms with Crippen LogP contribution in [0.4, 0.5) is 0 Å². The SMILES string of the molecule is CC1CCN(Cc2ccc3c(c2)OCCN(C[C@H](O)CN2CCc4ccccc4C2)C3=O)CC1. The Balaban J connectivity index is 1.18. The van der Waals surface area contributed by atoms with E-state index < -0.39 is 6.10 Å². The third-order valence-electron chi connectivity index (χ3n) is 7.57. The van der Waals surface area contributed by atoms with Crippen molar-refractivity contribution in [3.05, 3.63) is 64.7 Å². The number of likely N-dealkylation sites (tertiary alicyclic amines) is 1. The van der Waals surface area contributed by atoms with Crippen LogP contribution in [0.15, 0.2) is 42.5 Å². The summed E-state index contributed by atoms with van der Waals surface area (Å²) in [5.74, 6) is 1.45. The normalized spacial score (nSPS) is 20.9. The second kappa shape index (κ2) is 10.5. The van der Waals surface area contributed by atoms with E-state index in [1.54, 1.807) is 4.90 Å². The van der Waals surface area contributed by atoms with Crippen molar-refractivity contribution in [1.82, 2.24) is 14.7 Å². The van der Waals surface area contributed by atoms with Gasteiger partial charge in [0.1, 0.15) is 12.4 Å². The maximum Gasteiger partial charge on any atom is 0.257 e. The monoisotopic (exact) mass is 463 g/mol. The van der Waals surface area contributed by atoms with Crippen molar-refractivity contribution in [2.24, 2.45) is 5.92 Å². The first-order chi connectivity index (χ1) is 16.5. The Hall–Kier alpha value is -2.41. The molecule has 3 aliphatic heterocycles. The Bertz CT molecular complexity index is 1000. The number of piperidine rings is 1. The van der Waals surface area contributed by atoms with Crippen LogP contribution in [0.1, 0.15) is 46.8 Å². The summed E-state index contributed by atoms with van der Waals surface area (Å²) < 4.78 is 5.99. The molecule has 0 aromatic heterocycles. The number of carbonyl (C=O) groups is 1. The van der Waals surface area contributed by atoms with Crippen LogP contribution < -0.4 is 4.74 Å². The molecule has 182 valence electrons. The van der Waals surface area contributed by atoms with E-state index >= 15 is 0 Å². The van der Waals surface area contributed by atoms with Gasteiger partial charge in [-0.15, -0.1) is 0 Å². The highest BCUT2D eigenvalue weighted by Gasteiger charge is 2.27. The molecule has 6 nitrogen and oxygen atoms in total. The molecule has 1 saturated heterocycles. The number of β-amino-alcohol motifs (C(OH)–C–C–N with tert-alkyl or cyclic N) is 1. The van der Waals surface area contributed by atoms with E-state index in [1.165, 1.54) is 29.5 Å². The van der Waals surface area contributed by atoms with Crippen molar-refractivity contribution in [3.63, 3.8) is 0 Å². The molecule has 1 fully saturated rings. The molecular weight excluding hydrogens is 426 g/mol. The van der Waals surface area contributed by atoms with Gasteiger partial charge in [-0.05, 0) is 67.1 Å². The topological polar surface area (TPSA) is 56.2 Å². The summed E-state index contributed by atoms with van der Waals surface area (Å²) in [5.41, 5.74) is 4.54. The van der Waals surface area contributed by atoms with Crippen LogP contribution >= 0.6 is 0 Å². The molecule has 0 saturated carbocycles. The van der Waals surface area contributed by atoms with Gasteiger partial charge in [-0.1, -0.05) is 37.3 Å². The number of hydrogen-bond donors (Lipinski definition) is 1. The van der Waals surface area contributed by atoms with Gasteiger partial charge in [-0.25, -0.2) is 0 Å². The van der Waals surface area contributed by atoms with Gasteiger partial charge in [0, 0.05) is 32.7 Å². The average Bonchev–Trinajstić information content (AvgIpc) is 2.99. The van der Waals surface area contributed by atoms with Crippen molar-refractivity contribution in [3.8, 4) is 5.75 Å². The number of aliphatic hydroxyl groups excluding tert-OH is 1. The minimum absolute atomic E-state index is 0.0473. The maximum atomic E-state index is 13.3. The van der Waals surface area contributed by atoms with E-state index in [4.69, 9.17) is 4.74 Å². The lowest BCUT2D eigenvalue weighted by molar-refractivity contribution is 0.0501. The van der Waals surface area contributed by atoms with Crippen LogP contribution in [-0.2, 0) is 19.5 Å². The average molecular weight is 464 g/mol. The second-order valence-corrected chi connectivity index (χ2v) is 10.3. The van der Waals surface area contributed by atoms with E-state index in [1.807, 2.05) is 12.1 Å². The van der Waals surface area contributed by atoms with Crippen LogP contribution in [0, 0.1) is 5.92 Å². The predicted octanol–water partition coefficient (Wildman–Crippen LogP) is 3.17. The zero-order chi connectivity index (χ0) is 23.5. The zero-order valence-electron chi connectivity index (χ0n) is 20.3. The Morgan fingerprint density at radius 2 is 1.79 bits per heavy atom. The van der Waals surface area contributed by atoms with Gasteiger partial charge in [0.05, 0.1) is 18.2 Å². The molecule has 0 bridgehead atoms. The molecule has 3 heterocycles. The van der Waals surface area contributed by atoms with Crippen LogP contribution in [0.3, 0.4) is 0 Å². The fourth-order valence-electron chi connectivity index (χ4n) is 5.47. The maximum absolute atomic E-state index is 13.3. The van der Waals surface area contributed by atoms with Gasteiger partial charge < -0.3 is 14.7 Å². The van der Waals surface area contributed by atoms with Crippen molar-refractivity contribution < 1.29 is 14.6 Å². The fourth-order valence-corrected chi connectivity index (χ4v) is 5.47. The van der Waals surface area contributed by atoms with Crippen molar-refractivity contribution in [1.29, 1.82) is 0 Å². The number of amides is 1. The fraction of sp³-hybridized carbons (Fsp3) is 0.536. The molecule has 1 atom stereocenters. The van der Waals surface area contributed by atoms with Gasteiger partial charge in [0.25, 0.3) is 5.91 Å². The van der Waals surface area contributed by atoms with Gasteiger partial charge in [0.2, 0.25) is 0 Å². The Labute approximate surface area is 203 Å². The zero-order valence-corrected chi connectivity index (χ0v) is 20.3. The number of hydrogen-bond acceptors (Lipinski definition) is 5. The molecule has 1 amide bonds. The van der Waals surface area contributed by atoms with Crippen molar-refractivity contribution in [2.45, 2.75) is 45.4 Å². The van der Waals surface area contributed by atoms with Crippen molar-refractivity contribution >= 4 is 5.91 Å². The first-order valence-electron chi connectivity index (χ1n) is 12.8. The summed E-state index contributed by atoms with van der Waals surface area (Å²) >= 11 is 0. The highest BCUT2D eigenvalue weighted by molar-refractivity contribution is 5.97. The summed E-state index contributed by atoms with van der Waals surface area (Å²) in [4.78, 5) is 19.8. The minimum Gasteiger partial charge on any atom is -0.491 e. The summed E-state index contributed by atoms with van der Waals surface area (Å²) in [6.45, 7) is 9.12. The second-order valence-electron chi connectivity index (χ2n) is 10.3. The van der Waals surface area contributed by atoms with E-state index in [0.717, 1.165) is 45.1 Å². The van der Waals surface area contributed by atoms with Gasteiger partial charge in [-0.3, -0.25) is 14.6 Å². The minimum atomic E-state index is -0.587. The quantitative estimate of drug-likeness (QED) is 0.713. The molecule has 5 rings (SSSR count). The molecule has 0 spiro atoms. The van der Waals surface area contributed by atoms with E-state index in [9.17, 15) is 9.90 Å². The van der Waals surface area contributed by atoms with Crippen LogP contribution in [-0.4, -0.2) is 77.7 Å². The molecule has 6 heteroatoms. The molecular formula is C28H37N3O3. The van der Waals surface area contributed by atoms with Gasteiger partial charge >= 0.3 is 0 Å². The number of ether oxygens (including phenoxy) is 1. The molecule has 2 aromatic carbocycles. The Kier molecular flexibility index (Phi) is 7.18. The molecule has 34 heavy (non-hydrogen) atoms. The molecule has 0 aliphatic carbocycles. The molecule has 0 unspecified atom stereocenters. The van der Waals surface area contributed by atoms with Crippen molar-refractivity contribution in [2.75, 3.05) is 45.9 Å². The summed E-state index contributed by atoms with van der Waals surface area (Å²) in [6, 6.07) is 14.5. The molecule has 3 aliphatic rings. The van der Waals surface area contributed by atoms with Crippen LogP contribution in [0.25, 0.3) is 0 Å². The molecule has 0 radical (unpaired) electrons. The number of nitrogens with zero attached hydrogens (tertiary/aromatic N) is 3. The first kappa shape index (κ1) is 23.3. The summed E-state index contributed by atoms with van der Waals surface area (Å²) in [5, 5.41) is 10.8. The summed E-state index contributed by atoms with van der Waals surface area (Å²) in [6.07, 6.45) is 2.92. The Morgan fingerprint density at radius 1 is 1.00 bits per heavy atom. The largest absolute Gasteiger partial charge is 0.491 e. The lowest BCUT2D eigenvalue weighted by atomic mass is 9.98. The number of carbonyl (C=O) groups excluding carboxylic acids is 1. The predicted molar refractivity (Wildman–Crippen MR) is 133 cm³/mol. The first-order valence-corrected chi connectivity index (χ1v) is 12.8. The summed E-state index contributed by atoms with van der Waals surface area (Å²) in [7, 11) is 0. The number of aliphatic hydroxyl groups is 1. The highest BCUT2D eigenvalue weighted by atomic mass is 16.5. The van der Waals surface area contributed by atoms with Gasteiger partial charge in [0.15, 0.2) is 0 Å². The lowest BCUT2D eigenvalue weighted by Gasteiger charge is -2.32. The molecule has 2 aromatic rings. The van der Waals surface area contributed by atoms with E-state index in [-0.39, 0.29) is 5.91 Å². The third-order valence-corrected chi connectivity index (χ3v) is 7.57. The highest BCUT2D eigenvalue weighted by Crippen LogP contribution is 2.27. The van der Waals surface area contributed by atoms with Crippen LogP contribution in [0.5, 0.6) is 5.75 Å². The lowest BCUT2D eigenvalue weighted by Crippen LogP contribution is -2.44. The van der Waals surface area contributed by atoms with E-state index in [2.05, 4.69) is 47.1 Å². The number of rotatable bonds is 6. The van der Waals surface area contributed by atoms with E-state index in [0.29, 0.717) is 37.6 Å². The third kappa shape index (κ3) is 5.45. The Morgan fingerprint density at radius 3 is 2.62 bits per heavy atom. The van der Waals surface area contributed by atoms with Crippen LogP contribution in [0.2, 0.25) is 0 Å². The smallest absolute Gasteiger partial charge is 0.257 e. The number of benzene rings is 2. The standard InChI is InChI=1S/C28H37N3O3/c1-21-8-11-29(12-9-21)17-22-6-7-26-27(16-22)34-15-14-31(28(26)33)20-25(32)19-30-13-10-23-4-2-3-5-24(23)18-30/h2-7,16,21,25,32H,8-15,17-20H2,1H3/t25-/m1/s1. The number of fused-ring (bicyclic) bond motifs is 2.